The Hall–Kier alpha value is -1.96. The highest BCUT2D eigenvalue weighted by atomic mass is 19.1. The number of rotatable bonds is 2. The molecule has 0 unspecified atom stereocenters. The number of nitrogens with zero attached hydrogens (tertiary/aromatic N) is 2. The maximum Gasteiger partial charge on any atom is 0.271 e. The van der Waals surface area contributed by atoms with E-state index in [4.69, 9.17) is 0 Å². The zero-order valence-electron chi connectivity index (χ0n) is 9.95. The molecule has 0 aliphatic heterocycles. The van der Waals surface area contributed by atoms with Crippen LogP contribution >= 0.6 is 0 Å². The predicted octanol–water partition coefficient (Wildman–Crippen LogP) is 2.18. The monoisotopic (exact) mass is 247 g/mol. The SMILES string of the molecule is N#CC1(NC(=O)c2ccc(F)cn2)CCCCC1. The average Bonchev–Trinajstić information content (AvgIpc) is 2.40. The maximum atomic E-state index is 12.7. The number of halogens is 1. The number of carbonyl (C=O) groups excluding carboxylic acids is 1. The van der Waals surface area contributed by atoms with Gasteiger partial charge in [0.1, 0.15) is 17.1 Å². The maximum absolute atomic E-state index is 12.7. The van der Waals surface area contributed by atoms with Crippen molar-refractivity contribution < 1.29 is 9.18 Å². The van der Waals surface area contributed by atoms with Gasteiger partial charge in [-0.1, -0.05) is 19.3 Å². The first-order valence-corrected chi connectivity index (χ1v) is 6.00. The highest BCUT2D eigenvalue weighted by Crippen LogP contribution is 2.27. The van der Waals surface area contributed by atoms with Crippen LogP contribution in [-0.4, -0.2) is 16.4 Å². The number of nitriles is 1. The van der Waals surface area contributed by atoms with E-state index in [9.17, 15) is 14.4 Å². The number of amides is 1. The Morgan fingerprint density at radius 3 is 2.67 bits per heavy atom. The van der Waals surface area contributed by atoms with Gasteiger partial charge in [0.05, 0.1) is 12.3 Å². The van der Waals surface area contributed by atoms with E-state index in [-0.39, 0.29) is 5.69 Å². The Balaban J connectivity index is 2.10. The van der Waals surface area contributed by atoms with Crippen molar-refractivity contribution in [1.29, 1.82) is 5.26 Å². The molecule has 2 rings (SSSR count). The number of carbonyl (C=O) groups is 1. The fourth-order valence-electron chi connectivity index (χ4n) is 2.21. The number of aromatic nitrogens is 1. The van der Waals surface area contributed by atoms with E-state index < -0.39 is 17.3 Å². The molecule has 1 heterocycles. The Kier molecular flexibility index (Phi) is 3.56. The van der Waals surface area contributed by atoms with Crippen LogP contribution in [-0.2, 0) is 0 Å². The zero-order valence-corrected chi connectivity index (χ0v) is 9.95. The number of pyridine rings is 1. The zero-order chi connectivity index (χ0) is 13.0. The van der Waals surface area contributed by atoms with Crippen LogP contribution < -0.4 is 5.32 Å². The van der Waals surface area contributed by atoms with Crippen molar-refractivity contribution in [2.75, 3.05) is 0 Å². The lowest BCUT2D eigenvalue weighted by Crippen LogP contribution is -2.48. The summed E-state index contributed by atoms with van der Waals surface area (Å²) >= 11 is 0. The highest BCUT2D eigenvalue weighted by molar-refractivity contribution is 5.93. The van der Waals surface area contributed by atoms with Gasteiger partial charge in [0.25, 0.3) is 5.91 Å². The summed E-state index contributed by atoms with van der Waals surface area (Å²) in [6, 6.07) is 4.70. The van der Waals surface area contributed by atoms with Crippen molar-refractivity contribution in [3.05, 3.63) is 29.8 Å². The second-order valence-corrected chi connectivity index (χ2v) is 4.57. The molecule has 1 N–H and O–H groups in total. The van der Waals surface area contributed by atoms with Gasteiger partial charge in [-0.25, -0.2) is 9.37 Å². The quantitative estimate of drug-likeness (QED) is 0.871. The molecular formula is C13H14FN3O. The van der Waals surface area contributed by atoms with E-state index in [0.29, 0.717) is 12.8 Å². The number of hydrogen-bond donors (Lipinski definition) is 1. The summed E-state index contributed by atoms with van der Waals surface area (Å²) in [4.78, 5) is 15.7. The molecule has 0 aromatic carbocycles. The molecule has 1 aliphatic rings. The van der Waals surface area contributed by atoms with Crippen LogP contribution in [0.15, 0.2) is 18.3 Å². The molecule has 4 nitrogen and oxygen atoms in total. The molecule has 0 bridgehead atoms. The van der Waals surface area contributed by atoms with Crippen LogP contribution in [0, 0.1) is 17.1 Å². The smallest absolute Gasteiger partial charge is 0.271 e. The third-order valence-corrected chi connectivity index (χ3v) is 3.23. The van der Waals surface area contributed by atoms with Gasteiger partial charge in [-0.05, 0) is 25.0 Å². The Bertz CT molecular complexity index is 472. The fourth-order valence-corrected chi connectivity index (χ4v) is 2.21. The lowest BCUT2D eigenvalue weighted by atomic mass is 9.83. The van der Waals surface area contributed by atoms with Crippen LogP contribution in [0.25, 0.3) is 0 Å². The molecule has 1 saturated carbocycles. The summed E-state index contributed by atoms with van der Waals surface area (Å²) in [5, 5.41) is 12.0. The van der Waals surface area contributed by atoms with Crippen molar-refractivity contribution in [3.8, 4) is 6.07 Å². The molecule has 18 heavy (non-hydrogen) atoms. The van der Waals surface area contributed by atoms with Crippen LogP contribution in [0.2, 0.25) is 0 Å². The standard InChI is InChI=1S/C13H14FN3O/c14-10-4-5-11(16-8-10)12(18)17-13(9-15)6-2-1-3-7-13/h4-5,8H,1-3,6-7H2,(H,17,18). The van der Waals surface area contributed by atoms with Gasteiger partial charge in [0, 0.05) is 0 Å². The molecule has 0 atom stereocenters. The van der Waals surface area contributed by atoms with Crippen molar-refractivity contribution in [1.82, 2.24) is 10.3 Å². The third-order valence-electron chi connectivity index (χ3n) is 3.23. The highest BCUT2D eigenvalue weighted by Gasteiger charge is 2.34. The topological polar surface area (TPSA) is 65.8 Å². The molecule has 0 radical (unpaired) electrons. The van der Waals surface area contributed by atoms with E-state index in [2.05, 4.69) is 16.4 Å². The first kappa shape index (κ1) is 12.5. The molecule has 1 fully saturated rings. The van der Waals surface area contributed by atoms with E-state index >= 15 is 0 Å². The molecule has 0 saturated heterocycles. The van der Waals surface area contributed by atoms with Crippen molar-refractivity contribution in [2.45, 2.75) is 37.6 Å². The molecule has 1 aromatic heterocycles. The molecule has 1 aromatic rings. The second kappa shape index (κ2) is 5.13. The Morgan fingerprint density at radius 2 is 2.11 bits per heavy atom. The van der Waals surface area contributed by atoms with Crippen LogP contribution in [0.5, 0.6) is 0 Å². The minimum atomic E-state index is -0.786. The van der Waals surface area contributed by atoms with Crippen molar-refractivity contribution in [2.24, 2.45) is 0 Å². The summed E-state index contributed by atoms with van der Waals surface area (Å²) < 4.78 is 12.7. The molecular weight excluding hydrogens is 233 g/mol. The van der Waals surface area contributed by atoms with Crippen molar-refractivity contribution in [3.63, 3.8) is 0 Å². The molecule has 0 spiro atoms. The molecule has 1 amide bonds. The summed E-state index contributed by atoms with van der Waals surface area (Å²) in [5.74, 6) is -0.905. The second-order valence-electron chi connectivity index (χ2n) is 4.57. The normalized spacial score (nSPS) is 17.8. The average molecular weight is 247 g/mol. The number of hydrogen-bond acceptors (Lipinski definition) is 3. The van der Waals surface area contributed by atoms with E-state index in [1.54, 1.807) is 0 Å². The fraction of sp³-hybridized carbons (Fsp3) is 0.462. The molecule has 5 heteroatoms. The van der Waals surface area contributed by atoms with Gasteiger partial charge in [-0.2, -0.15) is 5.26 Å². The van der Waals surface area contributed by atoms with Gasteiger partial charge in [0.15, 0.2) is 0 Å². The van der Waals surface area contributed by atoms with Gasteiger partial charge < -0.3 is 5.32 Å². The molecule has 94 valence electrons. The van der Waals surface area contributed by atoms with Gasteiger partial charge >= 0.3 is 0 Å². The summed E-state index contributed by atoms with van der Waals surface area (Å²) in [7, 11) is 0. The Labute approximate surface area is 105 Å². The van der Waals surface area contributed by atoms with E-state index in [0.717, 1.165) is 25.5 Å². The van der Waals surface area contributed by atoms with Gasteiger partial charge in [-0.3, -0.25) is 4.79 Å². The Morgan fingerprint density at radius 1 is 1.39 bits per heavy atom. The van der Waals surface area contributed by atoms with Gasteiger partial charge in [0.2, 0.25) is 0 Å². The minimum absolute atomic E-state index is 0.136. The first-order valence-electron chi connectivity index (χ1n) is 6.00. The summed E-state index contributed by atoms with van der Waals surface area (Å²) in [6.45, 7) is 0. The summed E-state index contributed by atoms with van der Waals surface area (Å²) in [5.41, 5.74) is -0.651. The van der Waals surface area contributed by atoms with E-state index in [1.165, 1.54) is 12.1 Å². The predicted molar refractivity (Wildman–Crippen MR) is 63.1 cm³/mol. The number of nitrogens with one attached hydrogen (secondary N) is 1. The third kappa shape index (κ3) is 2.65. The van der Waals surface area contributed by atoms with Crippen LogP contribution in [0.4, 0.5) is 4.39 Å². The van der Waals surface area contributed by atoms with Crippen molar-refractivity contribution >= 4 is 5.91 Å². The minimum Gasteiger partial charge on any atom is -0.332 e. The summed E-state index contributed by atoms with van der Waals surface area (Å²) in [6.07, 6.45) is 5.28. The lowest BCUT2D eigenvalue weighted by molar-refractivity contribution is 0.0897. The van der Waals surface area contributed by atoms with Gasteiger partial charge in [-0.15, -0.1) is 0 Å². The molecule has 1 aliphatic carbocycles. The first-order chi connectivity index (χ1) is 8.65. The largest absolute Gasteiger partial charge is 0.332 e. The lowest BCUT2D eigenvalue weighted by Gasteiger charge is -2.31. The van der Waals surface area contributed by atoms with Crippen LogP contribution in [0.3, 0.4) is 0 Å². The van der Waals surface area contributed by atoms with E-state index in [1.807, 2.05) is 0 Å². The van der Waals surface area contributed by atoms with Crippen LogP contribution in [0.1, 0.15) is 42.6 Å².